The van der Waals surface area contributed by atoms with Crippen LogP contribution in [0.25, 0.3) is 15.7 Å². The number of piperidine rings is 1. The summed E-state index contributed by atoms with van der Waals surface area (Å²) in [5.74, 6) is 0.778. The Labute approximate surface area is 112 Å². The van der Waals surface area contributed by atoms with Crippen LogP contribution in [-0.4, -0.2) is 24.5 Å². The average molecular weight is 255 g/mol. The van der Waals surface area contributed by atoms with Crippen LogP contribution in [0.15, 0.2) is 36.4 Å². The molecule has 2 bridgehead atoms. The molecule has 2 aliphatic heterocycles. The second kappa shape index (κ2) is 4.22. The molecule has 92 valence electrons. The van der Waals surface area contributed by atoms with Crippen LogP contribution in [-0.2, 0) is 0 Å². The maximum Gasteiger partial charge on any atom is 0.0349 e. The zero-order chi connectivity index (χ0) is 11.9. The van der Waals surface area contributed by atoms with E-state index in [4.69, 9.17) is 0 Å². The molecular formula is C16H17NS. The Hall–Kier alpha value is -1.12. The first-order chi connectivity index (χ1) is 8.90. The van der Waals surface area contributed by atoms with Gasteiger partial charge in [-0.15, -0.1) is 11.3 Å². The molecule has 2 aromatic rings. The first kappa shape index (κ1) is 10.8. The highest BCUT2D eigenvalue weighted by Gasteiger charge is 2.27. The van der Waals surface area contributed by atoms with E-state index in [1.54, 1.807) is 5.57 Å². The third kappa shape index (κ3) is 1.72. The van der Waals surface area contributed by atoms with Gasteiger partial charge in [0.2, 0.25) is 0 Å². The van der Waals surface area contributed by atoms with Crippen LogP contribution < -0.4 is 0 Å². The Kier molecular flexibility index (Phi) is 2.52. The molecule has 2 atom stereocenters. The van der Waals surface area contributed by atoms with Crippen molar-refractivity contribution in [3.8, 4) is 0 Å². The smallest absolute Gasteiger partial charge is 0.0349 e. The highest BCUT2D eigenvalue weighted by Crippen LogP contribution is 2.39. The molecule has 0 aliphatic carbocycles. The lowest BCUT2D eigenvalue weighted by Crippen LogP contribution is -2.39. The molecular weight excluding hydrogens is 238 g/mol. The lowest BCUT2D eigenvalue weighted by Gasteiger charge is -2.37. The monoisotopic (exact) mass is 255 g/mol. The summed E-state index contributed by atoms with van der Waals surface area (Å²) in [5, 5.41) is 1.40. The van der Waals surface area contributed by atoms with Crippen molar-refractivity contribution >= 4 is 27.0 Å². The maximum absolute atomic E-state index is 2.59. The zero-order valence-electron chi connectivity index (χ0n) is 10.4. The highest BCUT2D eigenvalue weighted by molar-refractivity contribution is 7.20. The van der Waals surface area contributed by atoms with Crippen molar-refractivity contribution in [3.63, 3.8) is 0 Å². The predicted octanol–water partition coefficient (Wildman–Crippen LogP) is 4.01. The molecule has 0 spiro atoms. The van der Waals surface area contributed by atoms with Crippen LogP contribution in [0.5, 0.6) is 0 Å². The SMILES string of the molecule is C1=C(c2cc3ccccc3s2)[C@@H]2CCCN(C1)C2. The topological polar surface area (TPSA) is 3.24 Å². The summed E-state index contributed by atoms with van der Waals surface area (Å²) >= 11 is 1.96. The molecule has 4 rings (SSSR count). The van der Waals surface area contributed by atoms with E-state index in [0.29, 0.717) is 0 Å². The lowest BCUT2D eigenvalue weighted by atomic mass is 9.86. The van der Waals surface area contributed by atoms with E-state index >= 15 is 0 Å². The minimum absolute atomic E-state index is 0.778. The lowest BCUT2D eigenvalue weighted by molar-refractivity contribution is 0.209. The van der Waals surface area contributed by atoms with Crippen molar-refractivity contribution in [2.75, 3.05) is 19.6 Å². The first-order valence-corrected chi connectivity index (χ1v) is 7.63. The molecule has 18 heavy (non-hydrogen) atoms. The molecule has 1 unspecified atom stereocenters. The summed E-state index contributed by atoms with van der Waals surface area (Å²) in [7, 11) is 0. The van der Waals surface area contributed by atoms with Gasteiger partial charge in [0.15, 0.2) is 0 Å². The third-order valence-electron chi connectivity index (χ3n) is 4.22. The van der Waals surface area contributed by atoms with Crippen LogP contribution in [0.4, 0.5) is 0 Å². The van der Waals surface area contributed by atoms with Gasteiger partial charge in [0.1, 0.15) is 0 Å². The third-order valence-corrected chi connectivity index (χ3v) is 5.39. The van der Waals surface area contributed by atoms with Crippen LogP contribution in [0, 0.1) is 5.92 Å². The van der Waals surface area contributed by atoms with Crippen LogP contribution in [0.1, 0.15) is 17.7 Å². The van der Waals surface area contributed by atoms with Gasteiger partial charge >= 0.3 is 0 Å². The molecule has 2 aliphatic rings. The Morgan fingerprint density at radius 2 is 2.17 bits per heavy atom. The Morgan fingerprint density at radius 1 is 1.22 bits per heavy atom. The van der Waals surface area contributed by atoms with E-state index in [-0.39, 0.29) is 0 Å². The van der Waals surface area contributed by atoms with Crippen molar-refractivity contribution < 1.29 is 0 Å². The second-order valence-corrected chi connectivity index (χ2v) is 6.49. The van der Waals surface area contributed by atoms with Gasteiger partial charge in [-0.05, 0) is 48.4 Å². The van der Waals surface area contributed by atoms with E-state index in [9.17, 15) is 0 Å². The van der Waals surface area contributed by atoms with Gasteiger partial charge in [0.25, 0.3) is 0 Å². The van der Waals surface area contributed by atoms with Crippen molar-refractivity contribution in [1.82, 2.24) is 4.90 Å². The molecule has 2 heteroatoms. The minimum Gasteiger partial charge on any atom is -0.299 e. The second-order valence-electron chi connectivity index (χ2n) is 5.41. The van der Waals surface area contributed by atoms with Gasteiger partial charge in [0.05, 0.1) is 0 Å². The van der Waals surface area contributed by atoms with Gasteiger partial charge in [-0.2, -0.15) is 0 Å². The molecule has 1 aromatic carbocycles. The number of fused-ring (bicyclic) bond motifs is 3. The fourth-order valence-corrected chi connectivity index (χ4v) is 4.48. The molecule has 0 radical (unpaired) electrons. The highest BCUT2D eigenvalue weighted by atomic mass is 32.1. The van der Waals surface area contributed by atoms with Crippen LogP contribution >= 0.6 is 11.3 Å². The quantitative estimate of drug-likeness (QED) is 0.744. The number of benzene rings is 1. The summed E-state index contributed by atoms with van der Waals surface area (Å²) in [6, 6.07) is 11.1. The molecule has 1 nitrogen and oxygen atoms in total. The Morgan fingerprint density at radius 3 is 3.11 bits per heavy atom. The number of hydrogen-bond donors (Lipinski definition) is 0. The number of rotatable bonds is 1. The Balaban J connectivity index is 1.77. The van der Waals surface area contributed by atoms with Gasteiger partial charge in [-0.3, -0.25) is 4.90 Å². The van der Waals surface area contributed by atoms with Gasteiger partial charge in [0, 0.05) is 22.7 Å². The molecule has 3 heterocycles. The first-order valence-electron chi connectivity index (χ1n) is 6.81. The van der Waals surface area contributed by atoms with Crippen LogP contribution in [0.3, 0.4) is 0 Å². The largest absolute Gasteiger partial charge is 0.299 e. The summed E-state index contributed by atoms with van der Waals surface area (Å²) in [6.07, 6.45) is 5.21. The fraction of sp³-hybridized carbons (Fsp3) is 0.375. The van der Waals surface area contributed by atoms with Gasteiger partial charge in [-0.25, -0.2) is 0 Å². The molecule has 1 aromatic heterocycles. The average Bonchev–Trinajstić information content (AvgIpc) is 2.82. The summed E-state index contributed by atoms with van der Waals surface area (Å²) in [4.78, 5) is 4.09. The zero-order valence-corrected chi connectivity index (χ0v) is 11.2. The Bertz CT molecular complexity index is 577. The summed E-state index contributed by atoms with van der Waals surface area (Å²) in [6.45, 7) is 3.73. The molecule has 0 saturated carbocycles. The molecule has 0 amide bonds. The fourth-order valence-electron chi connectivity index (χ4n) is 3.30. The normalized spacial score (nSPS) is 27.2. The van der Waals surface area contributed by atoms with Crippen molar-refractivity contribution in [3.05, 3.63) is 41.3 Å². The van der Waals surface area contributed by atoms with Gasteiger partial charge in [-0.1, -0.05) is 24.3 Å². The van der Waals surface area contributed by atoms with E-state index < -0.39 is 0 Å². The van der Waals surface area contributed by atoms with Crippen molar-refractivity contribution in [2.24, 2.45) is 5.92 Å². The van der Waals surface area contributed by atoms with E-state index in [0.717, 1.165) is 12.5 Å². The standard InChI is InChI=1S/C16H17NS/c1-2-6-15-12(4-1)10-16(18-15)14-7-9-17-8-3-5-13(14)11-17/h1-2,4,6-7,10,13H,3,5,8-9,11H2/t13-/m1/s1. The van der Waals surface area contributed by atoms with Crippen LogP contribution in [0.2, 0.25) is 0 Å². The van der Waals surface area contributed by atoms with E-state index in [1.807, 2.05) is 11.3 Å². The number of nitrogens with zero attached hydrogens (tertiary/aromatic N) is 1. The van der Waals surface area contributed by atoms with Crippen molar-refractivity contribution in [1.29, 1.82) is 0 Å². The van der Waals surface area contributed by atoms with E-state index in [2.05, 4.69) is 41.3 Å². The molecule has 1 fully saturated rings. The number of thiophene rings is 1. The predicted molar refractivity (Wildman–Crippen MR) is 79.0 cm³/mol. The van der Waals surface area contributed by atoms with Crippen molar-refractivity contribution in [2.45, 2.75) is 12.8 Å². The summed E-state index contributed by atoms with van der Waals surface area (Å²) < 4.78 is 1.42. The molecule has 0 N–H and O–H groups in total. The summed E-state index contributed by atoms with van der Waals surface area (Å²) in [5.41, 5.74) is 1.62. The van der Waals surface area contributed by atoms with E-state index in [1.165, 1.54) is 40.9 Å². The minimum atomic E-state index is 0.778. The molecule has 1 saturated heterocycles. The number of hydrogen-bond acceptors (Lipinski definition) is 2. The van der Waals surface area contributed by atoms with Gasteiger partial charge < -0.3 is 0 Å². The maximum atomic E-state index is 2.59.